The molecule has 1 saturated heterocycles. The minimum atomic E-state index is -0.625. The molecule has 188 valence electrons. The first-order valence-electron chi connectivity index (χ1n) is 12.3. The second-order valence-corrected chi connectivity index (χ2v) is 9.79. The van der Waals surface area contributed by atoms with E-state index in [0.717, 1.165) is 11.6 Å². The summed E-state index contributed by atoms with van der Waals surface area (Å²) in [7, 11) is 0. The summed E-state index contributed by atoms with van der Waals surface area (Å²) in [6.07, 6.45) is 6.51. The largest absolute Gasteiger partial charge is 0.421 e. The number of aliphatic hydroxyl groups excluding tert-OH is 1. The summed E-state index contributed by atoms with van der Waals surface area (Å²) in [6.45, 7) is 5.18. The summed E-state index contributed by atoms with van der Waals surface area (Å²) in [6, 6.07) is 2.79. The summed E-state index contributed by atoms with van der Waals surface area (Å²) in [4.78, 5) is 17.5. The molecule has 0 atom stereocenters. The molecule has 0 bridgehead atoms. The molecule has 4 aliphatic rings. The lowest BCUT2D eigenvalue weighted by Crippen LogP contribution is -2.46. The smallest absolute Gasteiger partial charge is 0.326 e. The van der Waals surface area contributed by atoms with E-state index >= 15 is 4.39 Å². The maximum absolute atomic E-state index is 15.2. The number of ether oxygens (including phenoxy) is 1. The molecule has 1 aromatic heterocycles. The van der Waals surface area contributed by atoms with E-state index in [-0.39, 0.29) is 24.1 Å². The van der Waals surface area contributed by atoms with E-state index in [1.807, 2.05) is 11.8 Å². The highest BCUT2D eigenvalue weighted by molar-refractivity contribution is 6.05. The SMILES string of the molecule is CC1=Cc2c(F)c(Oc3nc(NC4=NCC(C5CC5)=C4)cc(N4CCN(CO)CC4)n3)cc(F)c2C1. The highest BCUT2D eigenvalue weighted by Crippen LogP contribution is 2.38. The Bertz CT molecular complexity index is 1300. The summed E-state index contributed by atoms with van der Waals surface area (Å²) >= 11 is 0. The Morgan fingerprint density at radius 3 is 2.67 bits per heavy atom. The van der Waals surface area contributed by atoms with Crippen molar-refractivity contribution in [2.75, 3.05) is 49.7 Å². The van der Waals surface area contributed by atoms with Crippen LogP contribution in [0.5, 0.6) is 11.8 Å². The number of nitrogens with zero attached hydrogens (tertiary/aromatic N) is 5. The number of piperazine rings is 1. The van der Waals surface area contributed by atoms with Gasteiger partial charge in [0, 0.05) is 49.4 Å². The number of rotatable bonds is 6. The van der Waals surface area contributed by atoms with Gasteiger partial charge in [0.1, 0.15) is 23.3 Å². The predicted molar refractivity (Wildman–Crippen MR) is 133 cm³/mol. The van der Waals surface area contributed by atoms with E-state index in [0.29, 0.717) is 68.1 Å². The Hall–Kier alpha value is -3.37. The maximum atomic E-state index is 15.2. The fourth-order valence-electron chi connectivity index (χ4n) is 4.89. The van der Waals surface area contributed by atoms with Gasteiger partial charge in [0.15, 0.2) is 11.6 Å². The summed E-state index contributed by atoms with van der Waals surface area (Å²) in [5.74, 6) is 1.02. The van der Waals surface area contributed by atoms with Crippen LogP contribution in [0.15, 0.2) is 34.3 Å². The molecule has 0 radical (unpaired) electrons. The van der Waals surface area contributed by atoms with Gasteiger partial charge in [-0.05, 0) is 43.8 Å². The third-order valence-electron chi connectivity index (χ3n) is 7.07. The molecule has 0 unspecified atom stereocenters. The van der Waals surface area contributed by atoms with Gasteiger partial charge < -0.3 is 20.1 Å². The van der Waals surface area contributed by atoms with E-state index in [4.69, 9.17) is 4.74 Å². The molecule has 2 aliphatic carbocycles. The molecule has 2 aliphatic heterocycles. The molecule has 1 aromatic carbocycles. The number of benzene rings is 1. The van der Waals surface area contributed by atoms with Crippen molar-refractivity contribution >= 4 is 23.5 Å². The number of aromatic nitrogens is 2. The molecule has 0 spiro atoms. The Morgan fingerprint density at radius 1 is 1.11 bits per heavy atom. The van der Waals surface area contributed by atoms with E-state index in [2.05, 4.69) is 31.3 Å². The van der Waals surface area contributed by atoms with Crippen LogP contribution in [0.25, 0.3) is 6.08 Å². The van der Waals surface area contributed by atoms with Crippen LogP contribution in [0.3, 0.4) is 0 Å². The summed E-state index contributed by atoms with van der Waals surface area (Å²) in [5.41, 5.74) is 2.77. The van der Waals surface area contributed by atoms with Crippen LogP contribution in [0.4, 0.5) is 20.4 Å². The van der Waals surface area contributed by atoms with Gasteiger partial charge in [-0.25, -0.2) is 8.78 Å². The minimum Gasteiger partial charge on any atom is -0.421 e. The molecule has 6 rings (SSSR count). The molecular weight excluding hydrogens is 466 g/mol. The van der Waals surface area contributed by atoms with Crippen LogP contribution in [0.2, 0.25) is 0 Å². The van der Waals surface area contributed by atoms with Crippen molar-refractivity contribution in [3.05, 3.63) is 52.1 Å². The van der Waals surface area contributed by atoms with Crippen LogP contribution in [-0.2, 0) is 6.42 Å². The van der Waals surface area contributed by atoms with Gasteiger partial charge in [-0.1, -0.05) is 11.6 Å². The topological polar surface area (TPSA) is 86.1 Å². The Kier molecular flexibility index (Phi) is 5.93. The molecule has 3 heterocycles. The first kappa shape index (κ1) is 23.1. The third kappa shape index (κ3) is 4.58. The van der Waals surface area contributed by atoms with Gasteiger partial charge in [0.2, 0.25) is 0 Å². The monoisotopic (exact) mass is 494 g/mol. The van der Waals surface area contributed by atoms with Crippen LogP contribution in [0.1, 0.15) is 30.9 Å². The van der Waals surface area contributed by atoms with Crippen molar-refractivity contribution < 1.29 is 18.6 Å². The lowest BCUT2D eigenvalue weighted by Gasteiger charge is -2.34. The van der Waals surface area contributed by atoms with E-state index in [1.165, 1.54) is 18.4 Å². The van der Waals surface area contributed by atoms with Crippen LogP contribution < -0.4 is 15.0 Å². The number of fused-ring (bicyclic) bond motifs is 1. The number of amidine groups is 1. The van der Waals surface area contributed by atoms with Crippen molar-refractivity contribution in [3.63, 3.8) is 0 Å². The van der Waals surface area contributed by atoms with Crippen LogP contribution in [-0.4, -0.2) is 65.3 Å². The molecule has 1 saturated carbocycles. The lowest BCUT2D eigenvalue weighted by molar-refractivity contribution is 0.102. The second kappa shape index (κ2) is 9.25. The molecule has 2 N–H and O–H groups in total. The summed E-state index contributed by atoms with van der Waals surface area (Å²) in [5, 5.41) is 12.7. The average molecular weight is 495 g/mol. The quantitative estimate of drug-likeness (QED) is 0.633. The fourth-order valence-corrected chi connectivity index (χ4v) is 4.89. The number of aliphatic hydroxyl groups is 1. The molecule has 10 heteroatoms. The number of aliphatic imine (C=N–C) groups is 1. The number of hydrogen-bond acceptors (Lipinski definition) is 8. The number of halogens is 2. The van der Waals surface area contributed by atoms with Gasteiger partial charge in [-0.2, -0.15) is 9.97 Å². The van der Waals surface area contributed by atoms with Crippen molar-refractivity contribution in [2.24, 2.45) is 10.9 Å². The predicted octanol–water partition coefficient (Wildman–Crippen LogP) is 3.74. The van der Waals surface area contributed by atoms with Gasteiger partial charge >= 0.3 is 6.01 Å². The van der Waals surface area contributed by atoms with Crippen LogP contribution in [0, 0.1) is 17.6 Å². The Labute approximate surface area is 208 Å². The van der Waals surface area contributed by atoms with E-state index in [1.54, 1.807) is 12.1 Å². The molecular formula is C26H28F2N6O2. The van der Waals surface area contributed by atoms with Gasteiger partial charge in [0.05, 0.1) is 13.3 Å². The lowest BCUT2D eigenvalue weighted by atomic mass is 10.1. The van der Waals surface area contributed by atoms with Crippen molar-refractivity contribution in [3.8, 4) is 11.8 Å². The third-order valence-corrected chi connectivity index (χ3v) is 7.07. The minimum absolute atomic E-state index is 0.00531. The Morgan fingerprint density at radius 2 is 1.92 bits per heavy atom. The molecule has 2 fully saturated rings. The van der Waals surface area contributed by atoms with E-state index in [9.17, 15) is 9.50 Å². The second-order valence-electron chi connectivity index (χ2n) is 9.79. The number of anilines is 2. The molecule has 2 aromatic rings. The normalized spacial score (nSPS) is 19.7. The zero-order valence-electron chi connectivity index (χ0n) is 20.1. The van der Waals surface area contributed by atoms with E-state index < -0.39 is 11.6 Å². The zero-order valence-corrected chi connectivity index (χ0v) is 20.1. The maximum Gasteiger partial charge on any atom is 0.326 e. The molecule has 36 heavy (non-hydrogen) atoms. The number of nitrogens with one attached hydrogen (secondary N) is 1. The molecule has 8 nitrogen and oxygen atoms in total. The highest BCUT2D eigenvalue weighted by Gasteiger charge is 2.28. The van der Waals surface area contributed by atoms with Crippen molar-refractivity contribution in [2.45, 2.75) is 26.2 Å². The van der Waals surface area contributed by atoms with Gasteiger partial charge in [0.25, 0.3) is 0 Å². The standard InChI is InChI=1S/C26H28F2N6O2/c1-15-8-18-19(9-15)25(28)21(11-20(18)27)36-26-31-23(30-22-10-17(13-29-22)16-2-3-16)12-24(32-26)34-6-4-33(14-35)5-7-34/h9-12,16,35H,2-8,13-14H2,1H3,(H,29,30,31,32). The van der Waals surface area contributed by atoms with Gasteiger partial charge in [-0.3, -0.25) is 9.89 Å². The van der Waals surface area contributed by atoms with Crippen molar-refractivity contribution in [1.29, 1.82) is 0 Å². The fraction of sp³-hybridized carbons (Fsp3) is 0.423. The zero-order chi connectivity index (χ0) is 24.8. The first-order valence-corrected chi connectivity index (χ1v) is 12.3. The van der Waals surface area contributed by atoms with Crippen molar-refractivity contribution in [1.82, 2.24) is 14.9 Å². The average Bonchev–Trinajstić information content (AvgIpc) is 3.49. The Balaban J connectivity index is 1.31. The molecule has 0 amide bonds. The number of hydrogen-bond donors (Lipinski definition) is 2. The van der Waals surface area contributed by atoms with Crippen LogP contribution >= 0.6 is 0 Å². The summed E-state index contributed by atoms with van der Waals surface area (Å²) < 4.78 is 35.7. The first-order chi connectivity index (χ1) is 17.5. The van der Waals surface area contributed by atoms with Gasteiger partial charge in [-0.15, -0.1) is 0 Å². The highest BCUT2D eigenvalue weighted by atomic mass is 19.1. The number of allylic oxidation sites excluding steroid dienone is 1.